The fourth-order valence-corrected chi connectivity index (χ4v) is 6.91. The topological polar surface area (TPSA) is 15.6 Å². The standard InChI is InChI=1S/C37H41GeN2/c1-22(2)28-14-10-15-29(23(3)4)36(28)39-32-20-18-26-12-9-13-27-19-21-33(35(32)34(26)27)40(38)37-30(24(5)6)16-11-17-31(37)25(7)8/h9-25H,1-8H3. The molecule has 0 saturated carbocycles. The Morgan fingerprint density at radius 1 is 0.600 bits per heavy atom. The summed E-state index contributed by atoms with van der Waals surface area (Å²) >= 11 is 2.24. The predicted octanol–water partition coefficient (Wildman–Crippen LogP) is 10.7. The van der Waals surface area contributed by atoms with Gasteiger partial charge in [0.05, 0.1) is 0 Å². The van der Waals surface area contributed by atoms with Crippen LogP contribution in [-0.2, 0) is 0 Å². The van der Waals surface area contributed by atoms with Crippen LogP contribution in [0.5, 0.6) is 0 Å². The van der Waals surface area contributed by atoms with Gasteiger partial charge in [0.25, 0.3) is 0 Å². The number of para-hydroxylation sites is 2. The molecule has 0 N–H and O–H groups in total. The monoisotopic (exact) mass is 587 g/mol. The number of nitrogens with zero attached hydrogens (tertiary/aromatic N) is 2. The Hall–Kier alpha value is -3.11. The van der Waals surface area contributed by atoms with E-state index in [-0.39, 0.29) is 0 Å². The van der Waals surface area contributed by atoms with Crippen LogP contribution in [0.3, 0.4) is 0 Å². The first-order chi connectivity index (χ1) is 19.1. The van der Waals surface area contributed by atoms with Gasteiger partial charge in [-0.05, 0) is 0 Å². The molecule has 1 aliphatic carbocycles. The van der Waals surface area contributed by atoms with E-state index in [1.807, 2.05) is 0 Å². The van der Waals surface area contributed by atoms with Gasteiger partial charge < -0.3 is 0 Å². The van der Waals surface area contributed by atoms with E-state index in [4.69, 9.17) is 4.99 Å². The van der Waals surface area contributed by atoms with E-state index in [0.29, 0.717) is 23.7 Å². The van der Waals surface area contributed by atoms with Gasteiger partial charge in [-0.25, -0.2) is 0 Å². The van der Waals surface area contributed by atoms with Crippen molar-refractivity contribution in [2.24, 2.45) is 4.99 Å². The van der Waals surface area contributed by atoms with Crippen LogP contribution in [0, 0.1) is 0 Å². The number of anilines is 2. The maximum atomic E-state index is 5.54. The van der Waals surface area contributed by atoms with Crippen LogP contribution in [0.2, 0.25) is 0 Å². The Morgan fingerprint density at radius 3 is 1.68 bits per heavy atom. The predicted molar refractivity (Wildman–Crippen MR) is 176 cm³/mol. The molecule has 203 valence electrons. The summed E-state index contributed by atoms with van der Waals surface area (Å²) < 4.78 is 2.43. The van der Waals surface area contributed by atoms with Gasteiger partial charge in [-0.2, -0.15) is 0 Å². The summed E-state index contributed by atoms with van der Waals surface area (Å²) in [7, 11) is 0. The molecule has 0 saturated heterocycles. The molecule has 4 aromatic carbocycles. The van der Waals surface area contributed by atoms with Crippen molar-refractivity contribution in [2.45, 2.75) is 79.1 Å². The molecule has 0 heterocycles. The molecule has 0 bridgehead atoms. The molecule has 0 atom stereocenters. The van der Waals surface area contributed by atoms with Crippen molar-refractivity contribution in [3.8, 4) is 0 Å². The number of benzene rings is 4. The molecule has 0 spiro atoms. The Morgan fingerprint density at radius 2 is 1.12 bits per heavy atom. The van der Waals surface area contributed by atoms with Gasteiger partial charge in [0, 0.05) is 0 Å². The maximum absolute atomic E-state index is 5.54. The van der Waals surface area contributed by atoms with E-state index in [1.165, 1.54) is 55.5 Å². The van der Waals surface area contributed by atoms with Gasteiger partial charge >= 0.3 is 250 Å². The van der Waals surface area contributed by atoms with Gasteiger partial charge in [0.2, 0.25) is 0 Å². The molecular formula is C37H41GeN2. The van der Waals surface area contributed by atoms with Crippen LogP contribution in [0.4, 0.5) is 17.1 Å². The zero-order valence-corrected chi connectivity index (χ0v) is 27.3. The molecule has 3 heteroatoms. The average Bonchev–Trinajstić information content (AvgIpc) is 2.93. The fraction of sp³-hybridized carbons (Fsp3) is 0.324. The summed E-state index contributed by atoms with van der Waals surface area (Å²) in [6.07, 6.45) is 4.47. The Labute approximate surface area is 249 Å². The van der Waals surface area contributed by atoms with Crippen molar-refractivity contribution >= 4 is 56.4 Å². The first-order valence-electron chi connectivity index (χ1n) is 14.7. The molecule has 0 aromatic heterocycles. The van der Waals surface area contributed by atoms with Crippen LogP contribution < -0.4 is 3.86 Å². The van der Waals surface area contributed by atoms with Crippen molar-refractivity contribution in [1.29, 1.82) is 0 Å². The minimum absolute atomic E-state index is 0.391. The van der Waals surface area contributed by atoms with Gasteiger partial charge in [-0.15, -0.1) is 0 Å². The molecule has 0 unspecified atom stereocenters. The number of rotatable bonds is 7. The molecule has 0 aliphatic heterocycles. The fourth-order valence-electron chi connectivity index (χ4n) is 5.98. The first-order valence-corrected chi connectivity index (χ1v) is 15.6. The van der Waals surface area contributed by atoms with E-state index in [1.54, 1.807) is 0 Å². The van der Waals surface area contributed by atoms with Crippen LogP contribution in [0.15, 0.2) is 77.8 Å². The van der Waals surface area contributed by atoms with Gasteiger partial charge in [-0.1, -0.05) is 0 Å². The quantitative estimate of drug-likeness (QED) is 0.197. The van der Waals surface area contributed by atoms with Crippen LogP contribution in [0.1, 0.15) is 112 Å². The Balaban J connectivity index is 1.83. The van der Waals surface area contributed by atoms with Crippen molar-refractivity contribution in [3.63, 3.8) is 0 Å². The van der Waals surface area contributed by atoms with Crippen LogP contribution in [-0.4, -0.2) is 22.4 Å². The second kappa shape index (κ2) is 11.4. The first kappa shape index (κ1) is 28.4. The van der Waals surface area contributed by atoms with Gasteiger partial charge in [0.15, 0.2) is 0 Å². The minimum atomic E-state index is 0.391. The number of allylic oxidation sites excluding steroid dienone is 1. The molecular weight excluding hydrogens is 545 g/mol. The Kier molecular flexibility index (Phi) is 8.11. The van der Waals surface area contributed by atoms with Crippen molar-refractivity contribution < 1.29 is 0 Å². The summed E-state index contributed by atoms with van der Waals surface area (Å²) in [6.45, 7) is 18.3. The molecule has 1 aliphatic rings. The van der Waals surface area contributed by atoms with Crippen molar-refractivity contribution in [2.75, 3.05) is 3.86 Å². The average molecular weight is 586 g/mol. The summed E-state index contributed by atoms with van der Waals surface area (Å²) in [5.74, 6) is 1.62. The second-order valence-electron chi connectivity index (χ2n) is 12.3. The number of aliphatic imine (C=N–C) groups is 1. The molecule has 40 heavy (non-hydrogen) atoms. The van der Waals surface area contributed by atoms with E-state index < -0.39 is 0 Å². The Bertz CT molecular complexity index is 1570. The van der Waals surface area contributed by atoms with E-state index in [0.717, 1.165) is 11.4 Å². The molecule has 2 nitrogen and oxygen atoms in total. The van der Waals surface area contributed by atoms with Crippen LogP contribution in [0.25, 0.3) is 16.8 Å². The molecule has 5 rings (SSSR count). The summed E-state index contributed by atoms with van der Waals surface area (Å²) in [5, 5.41) is 2.54. The third kappa shape index (κ3) is 5.07. The van der Waals surface area contributed by atoms with E-state index in [2.05, 4.69) is 155 Å². The molecule has 4 aromatic rings. The summed E-state index contributed by atoms with van der Waals surface area (Å²) in [5.41, 5.74) is 12.5. The van der Waals surface area contributed by atoms with E-state index in [9.17, 15) is 0 Å². The van der Waals surface area contributed by atoms with Gasteiger partial charge in [0.1, 0.15) is 0 Å². The van der Waals surface area contributed by atoms with Crippen LogP contribution >= 0.6 is 0 Å². The summed E-state index contributed by atoms with van der Waals surface area (Å²) in [4.78, 5) is 5.54. The SMILES string of the molecule is CC(C)c1cccc(C(C)C)c1N=C1C=Cc2cccc3ccc([N]([Ge])c4c(C(C)C)cccc4C(C)C)c1c23. The zero-order chi connectivity index (χ0) is 28.7. The number of hydrogen-bond donors (Lipinski definition) is 0. The second-order valence-corrected chi connectivity index (χ2v) is 13.2. The van der Waals surface area contributed by atoms with Gasteiger partial charge in [-0.3, -0.25) is 0 Å². The summed E-state index contributed by atoms with van der Waals surface area (Å²) in [6, 6.07) is 24.7. The van der Waals surface area contributed by atoms with Crippen molar-refractivity contribution in [3.05, 3.63) is 106 Å². The third-order valence-electron chi connectivity index (χ3n) is 8.11. The van der Waals surface area contributed by atoms with Crippen molar-refractivity contribution in [1.82, 2.24) is 0 Å². The molecule has 0 fully saturated rings. The molecule has 0 amide bonds. The molecule has 3 radical (unpaired) electrons. The normalized spacial score (nSPS) is 14.0. The third-order valence-corrected chi connectivity index (χ3v) is 9.09. The van der Waals surface area contributed by atoms with E-state index >= 15 is 0 Å². The number of hydrogen-bond acceptors (Lipinski definition) is 2. The zero-order valence-electron chi connectivity index (χ0n) is 25.2.